The van der Waals surface area contributed by atoms with Crippen molar-refractivity contribution in [3.05, 3.63) is 0 Å². The Labute approximate surface area is 73.0 Å². The summed E-state index contributed by atoms with van der Waals surface area (Å²) in [7, 11) is -3.16. The predicted molar refractivity (Wildman–Crippen MR) is 46.3 cm³/mol. The third-order valence-corrected chi connectivity index (χ3v) is 3.87. The molecular weight excluding hydrogens is 178 g/mol. The molecule has 1 aliphatic carbocycles. The van der Waals surface area contributed by atoms with E-state index >= 15 is 0 Å². The highest BCUT2D eigenvalue weighted by Gasteiger charge is 2.39. The quantitative estimate of drug-likeness (QED) is 0.652. The normalized spacial score (nSPS) is 21.8. The molecule has 0 spiro atoms. The maximum absolute atomic E-state index is 11.1. The fourth-order valence-corrected chi connectivity index (χ4v) is 2.37. The molecule has 1 rings (SSSR count). The average Bonchev–Trinajstić information content (AvgIpc) is 1.97. The molecule has 0 heterocycles. The van der Waals surface area contributed by atoms with Crippen LogP contribution in [0.25, 0.3) is 0 Å². The molecule has 0 aromatic heterocycles. The number of hydrogen-bond acceptors (Lipinski definition) is 3. The third-order valence-electron chi connectivity index (χ3n) is 2.37. The second-order valence-electron chi connectivity index (χ2n) is 3.30. The first-order chi connectivity index (χ1) is 5.54. The zero-order chi connectivity index (χ0) is 9.24. The zero-order valence-electron chi connectivity index (χ0n) is 7.21. The molecule has 0 radical (unpaired) electrons. The molecule has 72 valence electrons. The third kappa shape index (κ3) is 1.97. The van der Waals surface area contributed by atoms with Gasteiger partial charge in [-0.05, 0) is 26.2 Å². The summed E-state index contributed by atoms with van der Waals surface area (Å²) in [4.78, 5) is 0. The smallest absolute Gasteiger partial charge is 0.211 e. The summed E-state index contributed by atoms with van der Waals surface area (Å²) < 4.78 is 24.8. The summed E-state index contributed by atoms with van der Waals surface area (Å²) in [6.07, 6.45) is 2.50. The summed E-state index contributed by atoms with van der Waals surface area (Å²) in [5.41, 5.74) is -0.533. The second-order valence-corrected chi connectivity index (χ2v) is 5.31. The van der Waals surface area contributed by atoms with Crippen molar-refractivity contribution in [2.75, 3.05) is 12.4 Å². The van der Waals surface area contributed by atoms with Gasteiger partial charge < -0.3 is 5.11 Å². The van der Waals surface area contributed by atoms with Crippen LogP contribution in [0.4, 0.5) is 0 Å². The number of hydrogen-bond donors (Lipinski definition) is 2. The summed E-state index contributed by atoms with van der Waals surface area (Å²) in [5.74, 6) is 0.0781. The van der Waals surface area contributed by atoms with Gasteiger partial charge >= 0.3 is 0 Å². The molecule has 0 saturated heterocycles. The van der Waals surface area contributed by atoms with Gasteiger partial charge in [0.1, 0.15) is 0 Å². The Kier molecular flexibility index (Phi) is 2.75. The summed E-state index contributed by atoms with van der Waals surface area (Å²) >= 11 is 0. The monoisotopic (exact) mass is 193 g/mol. The molecule has 0 bridgehead atoms. The summed E-state index contributed by atoms with van der Waals surface area (Å²) in [6.45, 7) is 1.50. The molecule has 12 heavy (non-hydrogen) atoms. The topological polar surface area (TPSA) is 66.4 Å². The van der Waals surface area contributed by atoms with Crippen molar-refractivity contribution in [1.82, 2.24) is 4.72 Å². The standard InChI is InChI=1S/C7H15NO3S/c1-2-12(10,11)8-7(6-9)4-3-5-7/h8-9H,2-6H2,1H3. The maximum atomic E-state index is 11.1. The number of nitrogens with one attached hydrogen (secondary N) is 1. The number of aliphatic hydroxyl groups is 1. The van der Waals surface area contributed by atoms with Crippen molar-refractivity contribution < 1.29 is 13.5 Å². The number of rotatable bonds is 4. The van der Waals surface area contributed by atoms with Crippen molar-refractivity contribution in [1.29, 1.82) is 0 Å². The Hall–Kier alpha value is -0.130. The molecule has 0 atom stereocenters. The van der Waals surface area contributed by atoms with Crippen molar-refractivity contribution in [3.63, 3.8) is 0 Å². The van der Waals surface area contributed by atoms with E-state index in [1.807, 2.05) is 0 Å². The van der Waals surface area contributed by atoms with E-state index in [1.54, 1.807) is 6.92 Å². The lowest BCUT2D eigenvalue weighted by Gasteiger charge is -2.40. The van der Waals surface area contributed by atoms with Gasteiger partial charge in [-0.2, -0.15) is 0 Å². The Morgan fingerprint density at radius 1 is 1.50 bits per heavy atom. The van der Waals surface area contributed by atoms with E-state index < -0.39 is 15.6 Å². The molecule has 4 nitrogen and oxygen atoms in total. The van der Waals surface area contributed by atoms with Crippen LogP contribution in [-0.2, 0) is 10.0 Å². The Bertz CT molecular complexity index is 238. The molecule has 0 aromatic carbocycles. The maximum Gasteiger partial charge on any atom is 0.211 e. The minimum Gasteiger partial charge on any atom is -0.394 e. The average molecular weight is 193 g/mol. The highest BCUT2D eigenvalue weighted by Crippen LogP contribution is 2.31. The van der Waals surface area contributed by atoms with Gasteiger partial charge in [0, 0.05) is 0 Å². The first kappa shape index (κ1) is 9.95. The molecule has 1 saturated carbocycles. The Balaban J connectivity index is 2.60. The van der Waals surface area contributed by atoms with Crippen LogP contribution < -0.4 is 4.72 Å². The van der Waals surface area contributed by atoms with Crippen molar-refractivity contribution in [2.45, 2.75) is 31.7 Å². The molecule has 2 N–H and O–H groups in total. The number of sulfonamides is 1. The fourth-order valence-electron chi connectivity index (χ4n) is 1.30. The minimum absolute atomic E-state index is 0.0781. The Morgan fingerprint density at radius 3 is 2.33 bits per heavy atom. The summed E-state index contributed by atoms with van der Waals surface area (Å²) in [5, 5.41) is 8.97. The van der Waals surface area contributed by atoms with Crippen molar-refractivity contribution >= 4 is 10.0 Å². The van der Waals surface area contributed by atoms with Crippen LogP contribution in [0.1, 0.15) is 26.2 Å². The zero-order valence-corrected chi connectivity index (χ0v) is 8.02. The molecule has 5 heteroatoms. The lowest BCUT2D eigenvalue weighted by Crippen LogP contribution is -2.56. The van der Waals surface area contributed by atoms with E-state index in [2.05, 4.69) is 4.72 Å². The molecule has 1 fully saturated rings. The minimum atomic E-state index is -3.16. The first-order valence-electron chi connectivity index (χ1n) is 4.16. The van der Waals surface area contributed by atoms with Gasteiger partial charge in [-0.1, -0.05) is 0 Å². The van der Waals surface area contributed by atoms with Gasteiger partial charge in [0.05, 0.1) is 17.9 Å². The largest absolute Gasteiger partial charge is 0.394 e. The SMILES string of the molecule is CCS(=O)(=O)NC1(CO)CCC1. The van der Waals surface area contributed by atoms with E-state index in [4.69, 9.17) is 5.11 Å². The molecule has 0 amide bonds. The molecular formula is C7H15NO3S. The van der Waals surface area contributed by atoms with E-state index in [0.717, 1.165) is 19.3 Å². The fraction of sp³-hybridized carbons (Fsp3) is 1.00. The molecule has 0 aliphatic heterocycles. The second kappa shape index (κ2) is 3.32. The van der Waals surface area contributed by atoms with Gasteiger partial charge in [-0.15, -0.1) is 0 Å². The lowest BCUT2D eigenvalue weighted by molar-refractivity contribution is 0.111. The van der Waals surface area contributed by atoms with Gasteiger partial charge in [-0.3, -0.25) is 0 Å². The van der Waals surface area contributed by atoms with Crippen LogP contribution in [0.5, 0.6) is 0 Å². The van der Waals surface area contributed by atoms with E-state index in [9.17, 15) is 8.42 Å². The van der Waals surface area contributed by atoms with Gasteiger partial charge in [0.25, 0.3) is 0 Å². The van der Waals surface area contributed by atoms with Gasteiger partial charge in [0.15, 0.2) is 0 Å². The molecule has 0 aromatic rings. The highest BCUT2D eigenvalue weighted by atomic mass is 32.2. The molecule has 1 aliphatic rings. The van der Waals surface area contributed by atoms with Crippen LogP contribution in [0.3, 0.4) is 0 Å². The van der Waals surface area contributed by atoms with E-state index in [1.165, 1.54) is 0 Å². The van der Waals surface area contributed by atoms with Crippen molar-refractivity contribution in [3.8, 4) is 0 Å². The van der Waals surface area contributed by atoms with Crippen LogP contribution in [0, 0.1) is 0 Å². The van der Waals surface area contributed by atoms with Crippen LogP contribution >= 0.6 is 0 Å². The highest BCUT2D eigenvalue weighted by molar-refractivity contribution is 7.89. The van der Waals surface area contributed by atoms with Crippen LogP contribution in [-0.4, -0.2) is 31.4 Å². The first-order valence-corrected chi connectivity index (χ1v) is 5.81. The van der Waals surface area contributed by atoms with Gasteiger partial charge in [-0.25, -0.2) is 13.1 Å². The lowest BCUT2D eigenvalue weighted by atomic mass is 9.78. The number of aliphatic hydroxyl groups excluding tert-OH is 1. The predicted octanol–water partition coefficient (Wildman–Crippen LogP) is -0.159. The van der Waals surface area contributed by atoms with Crippen LogP contribution in [0.15, 0.2) is 0 Å². The van der Waals surface area contributed by atoms with Crippen molar-refractivity contribution in [2.24, 2.45) is 0 Å². The van der Waals surface area contributed by atoms with Gasteiger partial charge in [0.2, 0.25) is 10.0 Å². The summed E-state index contributed by atoms with van der Waals surface area (Å²) in [6, 6.07) is 0. The van der Waals surface area contributed by atoms with Crippen LogP contribution in [0.2, 0.25) is 0 Å². The molecule has 0 unspecified atom stereocenters. The van der Waals surface area contributed by atoms with E-state index in [-0.39, 0.29) is 12.4 Å². The Morgan fingerprint density at radius 2 is 2.08 bits per heavy atom. The van der Waals surface area contributed by atoms with E-state index in [0.29, 0.717) is 0 Å².